The third kappa shape index (κ3) is 4.71. The standard InChI is InChI=1S/C58H35N9O/c1-62-49-27-21-36(31-53(49)65-47-15-7-5-13-42(47)59-56(62)65)34-19-25-45-40(29-34)41-30-35(20-26-46(41)63(45)38-11-3-2-4-12-38)37-22-28-50-54(32-37)66-48-16-8-6-14-43(48)60-57(66)64(50)39-23-24-44-52(33-39)67-51-17-9-10-18-55(51)68-58(67)61-44/h2-33H,1H3. The van der Waals surface area contributed by atoms with Crippen molar-refractivity contribution in [1.82, 2.24) is 41.9 Å². The zero-order chi connectivity index (χ0) is 44.4. The van der Waals surface area contributed by atoms with Crippen molar-refractivity contribution >= 4 is 105 Å². The van der Waals surface area contributed by atoms with Crippen LogP contribution in [-0.2, 0) is 7.05 Å². The van der Waals surface area contributed by atoms with Gasteiger partial charge in [-0.3, -0.25) is 17.8 Å². The summed E-state index contributed by atoms with van der Waals surface area (Å²) in [6.07, 6.45) is 0. The fraction of sp³-hybridized carbons (Fsp3) is 0.0172. The molecule has 0 saturated heterocycles. The molecule has 0 fully saturated rings. The monoisotopic (exact) mass is 873 g/mol. The van der Waals surface area contributed by atoms with Gasteiger partial charge in [0.25, 0.3) is 0 Å². The van der Waals surface area contributed by atoms with Crippen LogP contribution in [0.5, 0.6) is 0 Å². The smallest absolute Gasteiger partial charge is 0.307 e. The van der Waals surface area contributed by atoms with Crippen LogP contribution >= 0.6 is 0 Å². The maximum Gasteiger partial charge on any atom is 0.307 e. The zero-order valence-electron chi connectivity index (χ0n) is 36.4. The van der Waals surface area contributed by atoms with Gasteiger partial charge in [0.15, 0.2) is 5.58 Å². The number of nitrogens with zero attached hydrogens (tertiary/aromatic N) is 9. The number of oxazole rings is 1. The Kier molecular flexibility index (Phi) is 6.80. The Labute approximate surface area is 385 Å². The van der Waals surface area contributed by atoms with Crippen molar-refractivity contribution in [2.75, 3.05) is 0 Å². The molecule has 16 rings (SSSR count). The first kappa shape index (κ1) is 35.9. The number of rotatable bonds is 4. The number of para-hydroxylation sites is 7. The molecular weight excluding hydrogens is 839 g/mol. The van der Waals surface area contributed by atoms with E-state index in [9.17, 15) is 0 Å². The Balaban J connectivity index is 0.895. The summed E-state index contributed by atoms with van der Waals surface area (Å²) in [6.45, 7) is 0. The summed E-state index contributed by atoms with van der Waals surface area (Å²) in [4.78, 5) is 15.1. The maximum absolute atomic E-state index is 6.16. The second-order valence-corrected chi connectivity index (χ2v) is 17.9. The minimum atomic E-state index is 0.580. The van der Waals surface area contributed by atoms with E-state index < -0.39 is 0 Å². The van der Waals surface area contributed by atoms with Crippen molar-refractivity contribution in [3.8, 4) is 33.6 Å². The highest BCUT2D eigenvalue weighted by molar-refractivity contribution is 6.12. The van der Waals surface area contributed by atoms with E-state index in [0.29, 0.717) is 5.84 Å². The molecule has 9 aromatic carbocycles. The summed E-state index contributed by atoms with van der Waals surface area (Å²) in [6, 6.07) is 69.4. The van der Waals surface area contributed by atoms with Gasteiger partial charge in [-0.25, -0.2) is 9.97 Å². The van der Waals surface area contributed by atoms with Crippen LogP contribution in [0, 0.1) is 0 Å². The molecule has 7 aromatic heterocycles. The van der Waals surface area contributed by atoms with Crippen LogP contribution < -0.4 is 0 Å². The Hall–Kier alpha value is -9.41. The predicted molar refractivity (Wildman–Crippen MR) is 274 cm³/mol. The molecule has 7 heterocycles. The zero-order valence-corrected chi connectivity index (χ0v) is 36.4. The fourth-order valence-corrected chi connectivity index (χ4v) is 11.1. The van der Waals surface area contributed by atoms with Crippen molar-refractivity contribution < 1.29 is 4.42 Å². The Bertz CT molecular complexity index is 4820. The number of hydrogen-bond acceptors (Lipinski definition) is 4. The normalized spacial score (nSPS) is 12.5. The lowest BCUT2D eigenvalue weighted by atomic mass is 9.99. The second kappa shape index (κ2) is 12.9. The fourth-order valence-electron chi connectivity index (χ4n) is 11.1. The number of aromatic nitrogens is 9. The molecule has 0 aliphatic heterocycles. The van der Waals surface area contributed by atoms with Gasteiger partial charge in [-0.15, -0.1) is 0 Å². The minimum Gasteiger partial charge on any atom is -0.423 e. The summed E-state index contributed by atoms with van der Waals surface area (Å²) in [5.74, 6) is 2.36. The van der Waals surface area contributed by atoms with Gasteiger partial charge < -0.3 is 13.6 Å². The van der Waals surface area contributed by atoms with Crippen molar-refractivity contribution in [3.63, 3.8) is 0 Å². The van der Waals surface area contributed by atoms with Gasteiger partial charge in [0.1, 0.15) is 0 Å². The Morgan fingerprint density at radius 3 is 1.59 bits per heavy atom. The molecule has 0 N–H and O–H groups in total. The average molecular weight is 874 g/mol. The molecule has 0 saturated carbocycles. The van der Waals surface area contributed by atoms with Gasteiger partial charge in [0, 0.05) is 23.5 Å². The number of hydrogen-bond donors (Lipinski definition) is 0. The summed E-state index contributed by atoms with van der Waals surface area (Å²) in [7, 11) is 2.10. The van der Waals surface area contributed by atoms with E-state index in [1.165, 1.54) is 10.8 Å². The first-order chi connectivity index (χ1) is 33.6. The van der Waals surface area contributed by atoms with Gasteiger partial charge in [-0.2, -0.15) is 4.98 Å². The Morgan fingerprint density at radius 1 is 0.338 bits per heavy atom. The number of aryl methyl sites for hydroxylation is 1. The summed E-state index contributed by atoms with van der Waals surface area (Å²) in [5, 5.41) is 2.38. The number of fused-ring (bicyclic) bond motifs is 18. The van der Waals surface area contributed by atoms with Gasteiger partial charge >= 0.3 is 5.84 Å². The van der Waals surface area contributed by atoms with Crippen molar-refractivity contribution in [3.05, 3.63) is 194 Å². The average Bonchev–Trinajstić information content (AvgIpc) is 4.25. The molecule has 0 atom stereocenters. The van der Waals surface area contributed by atoms with Gasteiger partial charge in [-0.05, 0) is 138 Å². The van der Waals surface area contributed by atoms with Gasteiger partial charge in [0.2, 0.25) is 11.6 Å². The first-order valence-electron chi connectivity index (χ1n) is 22.8. The van der Waals surface area contributed by atoms with E-state index in [4.69, 9.17) is 19.4 Å². The maximum atomic E-state index is 6.16. The molecule has 0 spiro atoms. The van der Waals surface area contributed by atoms with E-state index >= 15 is 0 Å². The van der Waals surface area contributed by atoms with E-state index in [-0.39, 0.29) is 0 Å². The highest BCUT2D eigenvalue weighted by Crippen LogP contribution is 2.40. The van der Waals surface area contributed by atoms with Crippen LogP contribution in [0.25, 0.3) is 139 Å². The van der Waals surface area contributed by atoms with Crippen LogP contribution in [0.3, 0.4) is 0 Å². The molecule has 318 valence electrons. The lowest BCUT2D eigenvalue weighted by Crippen LogP contribution is -1.95. The first-order valence-corrected chi connectivity index (χ1v) is 22.8. The quantitative estimate of drug-likeness (QED) is 0.176. The van der Waals surface area contributed by atoms with E-state index in [2.05, 4.69) is 210 Å². The highest BCUT2D eigenvalue weighted by atomic mass is 16.4. The number of benzene rings is 9. The lowest BCUT2D eigenvalue weighted by molar-refractivity contribution is 0.643. The second-order valence-electron chi connectivity index (χ2n) is 17.9. The molecule has 0 bridgehead atoms. The topological polar surface area (TPSA) is 79.8 Å². The SMILES string of the molecule is Cn1c2ccc(-c3ccc4c(c3)c3cc(-c5ccc6c(c5)n5c7ccccc7nc5n6-c5ccc6nc7oc8ccccc8n7c6c5)ccc3n4-c3ccccc3)cc2n2c3ccccc3nc12. The summed E-state index contributed by atoms with van der Waals surface area (Å²) >= 11 is 0. The van der Waals surface area contributed by atoms with Crippen molar-refractivity contribution in [2.45, 2.75) is 0 Å². The molecule has 0 amide bonds. The molecule has 0 radical (unpaired) electrons. The molecule has 16 aromatic rings. The Morgan fingerprint density at radius 2 is 0.882 bits per heavy atom. The highest BCUT2D eigenvalue weighted by Gasteiger charge is 2.22. The van der Waals surface area contributed by atoms with Crippen LogP contribution in [-0.4, -0.2) is 41.9 Å². The van der Waals surface area contributed by atoms with Crippen LogP contribution in [0.1, 0.15) is 0 Å². The van der Waals surface area contributed by atoms with Crippen molar-refractivity contribution in [2.24, 2.45) is 7.05 Å². The van der Waals surface area contributed by atoms with Gasteiger partial charge in [0.05, 0.1) is 77.4 Å². The summed E-state index contributed by atoms with van der Waals surface area (Å²) < 4.78 is 19.7. The molecular formula is C58H35N9O. The minimum absolute atomic E-state index is 0.580. The van der Waals surface area contributed by atoms with Crippen molar-refractivity contribution in [1.29, 1.82) is 0 Å². The van der Waals surface area contributed by atoms with E-state index in [1.54, 1.807) is 0 Å². The third-order valence-electron chi connectivity index (χ3n) is 14.2. The van der Waals surface area contributed by atoms with E-state index in [1.807, 2.05) is 18.2 Å². The molecule has 10 heteroatoms. The largest absolute Gasteiger partial charge is 0.423 e. The third-order valence-corrected chi connectivity index (χ3v) is 14.2. The molecule has 0 aliphatic rings. The molecule has 0 aliphatic carbocycles. The molecule has 10 nitrogen and oxygen atoms in total. The summed E-state index contributed by atoms with van der Waals surface area (Å²) in [5.41, 5.74) is 21.2. The van der Waals surface area contributed by atoms with E-state index in [0.717, 1.165) is 122 Å². The van der Waals surface area contributed by atoms with Crippen LogP contribution in [0.15, 0.2) is 199 Å². The van der Waals surface area contributed by atoms with Gasteiger partial charge in [-0.1, -0.05) is 78.9 Å². The molecule has 68 heavy (non-hydrogen) atoms. The van der Waals surface area contributed by atoms with Crippen LogP contribution in [0.4, 0.5) is 0 Å². The predicted octanol–water partition coefficient (Wildman–Crippen LogP) is 13.7. The van der Waals surface area contributed by atoms with Crippen LogP contribution in [0.2, 0.25) is 0 Å². The molecule has 0 unspecified atom stereocenters. The number of imidazole rings is 5. The lowest BCUT2D eigenvalue weighted by Gasteiger charge is -2.09.